The second-order valence-electron chi connectivity index (χ2n) is 7.01. The molecule has 2 aromatic rings. The van der Waals surface area contributed by atoms with Gasteiger partial charge in [-0.15, -0.1) is 15.3 Å². The van der Waals surface area contributed by atoms with Gasteiger partial charge in [-0.2, -0.15) is 4.52 Å². The van der Waals surface area contributed by atoms with Gasteiger partial charge in [-0.25, -0.2) is 0 Å². The molecule has 2 aliphatic rings. The summed E-state index contributed by atoms with van der Waals surface area (Å²) in [6.07, 6.45) is 7.10. The fourth-order valence-electron chi connectivity index (χ4n) is 3.67. The highest BCUT2D eigenvalue weighted by molar-refractivity contribution is 5.46. The van der Waals surface area contributed by atoms with Crippen LogP contribution in [0.3, 0.4) is 0 Å². The number of aromatic nitrogens is 4. The van der Waals surface area contributed by atoms with Gasteiger partial charge in [0.05, 0.1) is 5.60 Å². The van der Waals surface area contributed by atoms with Gasteiger partial charge in [0.2, 0.25) is 0 Å². The Hall–Kier alpha value is -1.73. The van der Waals surface area contributed by atoms with Crippen molar-refractivity contribution in [1.82, 2.24) is 25.1 Å². The molecule has 23 heavy (non-hydrogen) atoms. The minimum atomic E-state index is -0.470. The molecule has 7 heteroatoms. The van der Waals surface area contributed by atoms with E-state index >= 15 is 0 Å². The lowest BCUT2D eigenvalue weighted by Crippen LogP contribution is -2.53. The van der Waals surface area contributed by atoms with Crippen molar-refractivity contribution in [3.05, 3.63) is 18.5 Å². The first-order valence-corrected chi connectivity index (χ1v) is 8.57. The lowest BCUT2D eigenvalue weighted by atomic mass is 9.85. The van der Waals surface area contributed by atoms with Crippen LogP contribution in [0.5, 0.6) is 0 Å². The fraction of sp³-hybridized carbons (Fsp3) is 0.688. The van der Waals surface area contributed by atoms with E-state index in [0.29, 0.717) is 5.92 Å². The molecule has 124 valence electrons. The zero-order chi connectivity index (χ0) is 15.7. The summed E-state index contributed by atoms with van der Waals surface area (Å²) in [6, 6.07) is 3.94. The van der Waals surface area contributed by atoms with Crippen LogP contribution >= 0.6 is 0 Å². The molecule has 2 N–H and O–H groups in total. The van der Waals surface area contributed by atoms with Gasteiger partial charge in [-0.3, -0.25) is 0 Å². The second-order valence-corrected chi connectivity index (χ2v) is 7.01. The molecule has 1 aliphatic carbocycles. The molecule has 0 atom stereocenters. The Kier molecular flexibility index (Phi) is 3.90. The van der Waals surface area contributed by atoms with E-state index in [2.05, 4.69) is 25.5 Å². The Labute approximate surface area is 135 Å². The summed E-state index contributed by atoms with van der Waals surface area (Å²) in [5.74, 6) is 1.60. The summed E-state index contributed by atoms with van der Waals surface area (Å²) in [5.41, 5.74) is 0.302. The van der Waals surface area contributed by atoms with Crippen LogP contribution in [0.15, 0.2) is 18.5 Å². The highest BCUT2D eigenvalue weighted by atomic mass is 16.3. The summed E-state index contributed by atoms with van der Waals surface area (Å²) in [7, 11) is 0. The summed E-state index contributed by atoms with van der Waals surface area (Å²) in [4.78, 5) is 2.26. The molecule has 7 nitrogen and oxygen atoms in total. The topological polar surface area (TPSA) is 78.6 Å². The average molecular weight is 316 g/mol. The number of aliphatic hydroxyl groups is 1. The number of nitrogens with zero attached hydrogens (tertiary/aromatic N) is 5. The van der Waals surface area contributed by atoms with Crippen molar-refractivity contribution in [3.63, 3.8) is 0 Å². The summed E-state index contributed by atoms with van der Waals surface area (Å²) >= 11 is 0. The summed E-state index contributed by atoms with van der Waals surface area (Å²) in [5, 5.41) is 26.3. The van der Waals surface area contributed by atoms with E-state index in [0.717, 1.165) is 63.3 Å². The van der Waals surface area contributed by atoms with E-state index in [1.807, 2.05) is 12.1 Å². The molecule has 0 aromatic carbocycles. The van der Waals surface area contributed by atoms with Crippen molar-refractivity contribution in [1.29, 1.82) is 0 Å². The molecular formula is C16H24N6O. The molecule has 1 aliphatic heterocycles. The quantitative estimate of drug-likeness (QED) is 0.851. The van der Waals surface area contributed by atoms with E-state index in [4.69, 9.17) is 0 Å². The second kappa shape index (κ2) is 6.05. The lowest BCUT2D eigenvalue weighted by Gasteiger charge is -2.41. The molecule has 4 rings (SSSR count). The van der Waals surface area contributed by atoms with E-state index < -0.39 is 5.60 Å². The highest BCUT2D eigenvalue weighted by Gasteiger charge is 2.31. The number of fused-ring (bicyclic) bond motifs is 1. The van der Waals surface area contributed by atoms with Crippen molar-refractivity contribution >= 4 is 11.5 Å². The first kappa shape index (κ1) is 14.8. The van der Waals surface area contributed by atoms with Gasteiger partial charge in [-0.05, 0) is 25.0 Å². The highest BCUT2D eigenvalue weighted by Crippen LogP contribution is 2.27. The number of rotatable bonds is 5. The smallest absolute Gasteiger partial charge is 0.177 e. The van der Waals surface area contributed by atoms with E-state index in [1.165, 1.54) is 6.42 Å². The third kappa shape index (κ3) is 3.16. The van der Waals surface area contributed by atoms with Crippen molar-refractivity contribution < 1.29 is 5.11 Å². The molecule has 1 saturated heterocycles. The van der Waals surface area contributed by atoms with E-state index in [9.17, 15) is 5.11 Å². The van der Waals surface area contributed by atoms with Crippen molar-refractivity contribution in [2.24, 2.45) is 5.92 Å². The van der Waals surface area contributed by atoms with Crippen molar-refractivity contribution in [2.75, 3.05) is 31.1 Å². The van der Waals surface area contributed by atoms with Crippen LogP contribution in [0.1, 0.15) is 32.1 Å². The minimum absolute atomic E-state index is 0.470. The summed E-state index contributed by atoms with van der Waals surface area (Å²) < 4.78 is 1.71. The molecule has 0 amide bonds. The number of nitrogens with one attached hydrogen (secondary N) is 1. The van der Waals surface area contributed by atoms with Gasteiger partial charge in [0, 0.05) is 32.1 Å². The largest absolute Gasteiger partial charge is 0.389 e. The van der Waals surface area contributed by atoms with Crippen molar-refractivity contribution in [2.45, 2.75) is 37.7 Å². The average Bonchev–Trinajstić information content (AvgIpc) is 2.97. The predicted octanol–water partition coefficient (Wildman–Crippen LogP) is 0.845. The van der Waals surface area contributed by atoms with E-state index in [1.54, 1.807) is 10.8 Å². The molecule has 0 bridgehead atoms. The van der Waals surface area contributed by atoms with Crippen molar-refractivity contribution in [3.8, 4) is 0 Å². The Balaban J connectivity index is 1.23. The van der Waals surface area contributed by atoms with Crippen LogP contribution in [0, 0.1) is 5.92 Å². The summed E-state index contributed by atoms with van der Waals surface area (Å²) in [6.45, 7) is 3.71. The Morgan fingerprint density at radius 1 is 1.22 bits per heavy atom. The first-order valence-electron chi connectivity index (χ1n) is 8.57. The third-order valence-corrected chi connectivity index (χ3v) is 5.10. The Bertz CT molecular complexity index is 659. The van der Waals surface area contributed by atoms with Gasteiger partial charge < -0.3 is 15.3 Å². The molecule has 1 saturated carbocycles. The van der Waals surface area contributed by atoms with E-state index in [-0.39, 0.29) is 0 Å². The SMILES string of the molecule is OC1(CNCC2CN(c3ccc4nncn4n3)C2)CCCCC1. The van der Waals surface area contributed by atoms with Gasteiger partial charge in [-0.1, -0.05) is 19.3 Å². The zero-order valence-electron chi connectivity index (χ0n) is 13.4. The third-order valence-electron chi connectivity index (χ3n) is 5.10. The number of hydrogen-bond donors (Lipinski definition) is 2. The van der Waals surface area contributed by atoms with Crippen LogP contribution in [0.4, 0.5) is 5.82 Å². The molecule has 3 heterocycles. The first-order chi connectivity index (χ1) is 11.2. The van der Waals surface area contributed by atoms with Crippen LogP contribution in [0.25, 0.3) is 5.65 Å². The maximum atomic E-state index is 10.5. The lowest BCUT2D eigenvalue weighted by molar-refractivity contribution is 0.00411. The van der Waals surface area contributed by atoms with Crippen LogP contribution in [-0.4, -0.2) is 56.7 Å². The van der Waals surface area contributed by atoms with Gasteiger partial charge in [0.1, 0.15) is 12.1 Å². The number of anilines is 1. The Morgan fingerprint density at radius 2 is 2.04 bits per heavy atom. The molecule has 0 radical (unpaired) electrons. The van der Waals surface area contributed by atoms with Crippen LogP contribution in [-0.2, 0) is 0 Å². The predicted molar refractivity (Wildman–Crippen MR) is 87.4 cm³/mol. The maximum absolute atomic E-state index is 10.5. The van der Waals surface area contributed by atoms with Gasteiger partial charge in [0.15, 0.2) is 5.65 Å². The molecule has 0 unspecified atom stereocenters. The maximum Gasteiger partial charge on any atom is 0.177 e. The fourth-order valence-corrected chi connectivity index (χ4v) is 3.67. The zero-order valence-corrected chi connectivity index (χ0v) is 13.4. The molecule has 0 spiro atoms. The molecular weight excluding hydrogens is 292 g/mol. The standard InChI is InChI=1S/C16H24N6O/c23-16(6-2-1-3-7-16)11-17-8-13-9-21(10-13)15-5-4-14-19-18-12-22(14)20-15/h4-5,12-13,17,23H,1-3,6-11H2. The molecule has 2 fully saturated rings. The van der Waals surface area contributed by atoms with Gasteiger partial charge >= 0.3 is 0 Å². The number of hydrogen-bond acceptors (Lipinski definition) is 6. The van der Waals surface area contributed by atoms with Crippen LogP contribution in [0.2, 0.25) is 0 Å². The normalized spacial score (nSPS) is 21.5. The minimum Gasteiger partial charge on any atom is -0.389 e. The molecule has 2 aromatic heterocycles. The van der Waals surface area contributed by atoms with Gasteiger partial charge in [0.25, 0.3) is 0 Å². The monoisotopic (exact) mass is 316 g/mol. The van der Waals surface area contributed by atoms with Crippen LogP contribution < -0.4 is 10.2 Å². The Morgan fingerprint density at radius 3 is 2.87 bits per heavy atom.